The maximum atomic E-state index is 10.4. The fourth-order valence-corrected chi connectivity index (χ4v) is 2.57. The minimum absolute atomic E-state index is 0.131. The number of aryl methyl sites for hydroxylation is 3. The molecule has 3 heteroatoms. The molecule has 1 aromatic rings. The van der Waals surface area contributed by atoms with Gasteiger partial charge in [-0.15, -0.1) is 0 Å². The molecule has 0 spiro atoms. The number of benzene rings is 1. The van der Waals surface area contributed by atoms with Crippen molar-refractivity contribution in [1.29, 1.82) is 0 Å². The summed E-state index contributed by atoms with van der Waals surface area (Å²) in [5.74, 6) is 0. The largest absolute Gasteiger partial charge is 0.395 e. The van der Waals surface area contributed by atoms with E-state index in [1.54, 1.807) is 0 Å². The molecule has 0 saturated carbocycles. The standard InChI is InChI=1S/C15H25NO2/c1-5-16(6-7-17)10-14(18)15-12(3)8-11(2)9-13(15)4/h8-9,14,17-18H,5-7,10H2,1-4H3. The molecular formula is C15H25NO2. The summed E-state index contributed by atoms with van der Waals surface area (Å²) in [5.41, 5.74) is 4.53. The van der Waals surface area contributed by atoms with E-state index in [1.165, 1.54) is 5.56 Å². The quantitative estimate of drug-likeness (QED) is 0.812. The molecule has 2 N–H and O–H groups in total. The van der Waals surface area contributed by atoms with Crippen molar-refractivity contribution in [1.82, 2.24) is 4.90 Å². The Morgan fingerprint density at radius 2 is 1.72 bits per heavy atom. The highest BCUT2D eigenvalue weighted by Crippen LogP contribution is 2.24. The van der Waals surface area contributed by atoms with Crippen LogP contribution < -0.4 is 0 Å². The van der Waals surface area contributed by atoms with Crippen molar-refractivity contribution in [3.05, 3.63) is 34.4 Å². The van der Waals surface area contributed by atoms with Crippen LogP contribution in [-0.4, -0.2) is 41.4 Å². The topological polar surface area (TPSA) is 43.7 Å². The van der Waals surface area contributed by atoms with Crippen LogP contribution in [0.3, 0.4) is 0 Å². The number of aliphatic hydroxyl groups excluding tert-OH is 2. The van der Waals surface area contributed by atoms with Gasteiger partial charge in [-0.05, 0) is 44.0 Å². The van der Waals surface area contributed by atoms with Gasteiger partial charge < -0.3 is 10.2 Å². The molecule has 1 rings (SSSR count). The molecular weight excluding hydrogens is 226 g/mol. The molecule has 0 heterocycles. The molecule has 0 amide bonds. The van der Waals surface area contributed by atoms with Crippen LogP contribution in [0.2, 0.25) is 0 Å². The van der Waals surface area contributed by atoms with E-state index in [-0.39, 0.29) is 6.61 Å². The lowest BCUT2D eigenvalue weighted by molar-refractivity contribution is 0.102. The normalized spacial score (nSPS) is 13.1. The van der Waals surface area contributed by atoms with Gasteiger partial charge in [-0.3, -0.25) is 4.90 Å². The van der Waals surface area contributed by atoms with Gasteiger partial charge in [0.25, 0.3) is 0 Å². The third-order valence-corrected chi connectivity index (χ3v) is 3.37. The van der Waals surface area contributed by atoms with E-state index in [9.17, 15) is 5.11 Å². The number of likely N-dealkylation sites (N-methyl/N-ethyl adjacent to an activating group) is 1. The molecule has 0 aliphatic heterocycles. The van der Waals surface area contributed by atoms with Crippen LogP contribution in [0.15, 0.2) is 12.1 Å². The Kier molecular flexibility index (Phi) is 5.79. The fraction of sp³-hybridized carbons (Fsp3) is 0.600. The number of hydrogen-bond donors (Lipinski definition) is 2. The fourth-order valence-electron chi connectivity index (χ4n) is 2.57. The Morgan fingerprint density at radius 3 is 2.17 bits per heavy atom. The zero-order chi connectivity index (χ0) is 13.7. The van der Waals surface area contributed by atoms with Crippen LogP contribution in [-0.2, 0) is 0 Å². The van der Waals surface area contributed by atoms with Crippen LogP contribution in [0.5, 0.6) is 0 Å². The lowest BCUT2D eigenvalue weighted by Gasteiger charge is -2.25. The number of rotatable bonds is 6. The predicted octanol–water partition coefficient (Wildman–Crippen LogP) is 1.96. The molecule has 1 unspecified atom stereocenters. The monoisotopic (exact) mass is 251 g/mol. The summed E-state index contributed by atoms with van der Waals surface area (Å²) in [4.78, 5) is 2.06. The third-order valence-electron chi connectivity index (χ3n) is 3.37. The van der Waals surface area contributed by atoms with Crippen LogP contribution in [0.25, 0.3) is 0 Å². The minimum atomic E-state index is -0.489. The molecule has 0 aliphatic rings. The van der Waals surface area contributed by atoms with Crippen molar-refractivity contribution >= 4 is 0 Å². The van der Waals surface area contributed by atoms with Gasteiger partial charge in [0, 0.05) is 13.1 Å². The second-order valence-electron chi connectivity index (χ2n) is 4.95. The summed E-state index contributed by atoms with van der Waals surface area (Å²) in [5, 5.41) is 19.4. The molecule has 0 aromatic heterocycles. The second kappa shape index (κ2) is 6.88. The van der Waals surface area contributed by atoms with E-state index >= 15 is 0 Å². The van der Waals surface area contributed by atoms with Crippen molar-refractivity contribution in [2.24, 2.45) is 0 Å². The van der Waals surface area contributed by atoms with Crippen molar-refractivity contribution in [2.75, 3.05) is 26.2 Å². The highest BCUT2D eigenvalue weighted by Gasteiger charge is 2.16. The van der Waals surface area contributed by atoms with Crippen molar-refractivity contribution < 1.29 is 10.2 Å². The molecule has 1 aromatic carbocycles. The summed E-state index contributed by atoms with van der Waals surface area (Å²) < 4.78 is 0. The van der Waals surface area contributed by atoms with Crippen LogP contribution in [0.1, 0.15) is 35.3 Å². The first kappa shape index (κ1) is 15.2. The van der Waals surface area contributed by atoms with E-state index in [0.717, 1.165) is 23.2 Å². The van der Waals surface area contributed by atoms with Gasteiger partial charge in [0.1, 0.15) is 0 Å². The van der Waals surface area contributed by atoms with Crippen molar-refractivity contribution in [2.45, 2.75) is 33.8 Å². The smallest absolute Gasteiger partial charge is 0.0922 e. The maximum absolute atomic E-state index is 10.4. The molecule has 0 radical (unpaired) electrons. The summed E-state index contributed by atoms with van der Waals surface area (Å²) in [6, 6.07) is 4.21. The van der Waals surface area contributed by atoms with E-state index < -0.39 is 6.10 Å². The predicted molar refractivity (Wildman–Crippen MR) is 74.8 cm³/mol. The van der Waals surface area contributed by atoms with Gasteiger partial charge in [-0.25, -0.2) is 0 Å². The van der Waals surface area contributed by atoms with Crippen LogP contribution >= 0.6 is 0 Å². The minimum Gasteiger partial charge on any atom is -0.395 e. The molecule has 0 fully saturated rings. The number of nitrogens with zero attached hydrogens (tertiary/aromatic N) is 1. The molecule has 18 heavy (non-hydrogen) atoms. The second-order valence-corrected chi connectivity index (χ2v) is 4.95. The van der Waals surface area contributed by atoms with Crippen molar-refractivity contribution in [3.63, 3.8) is 0 Å². The van der Waals surface area contributed by atoms with Gasteiger partial charge in [-0.1, -0.05) is 24.6 Å². The lowest BCUT2D eigenvalue weighted by atomic mass is 9.95. The van der Waals surface area contributed by atoms with Crippen LogP contribution in [0.4, 0.5) is 0 Å². The Hall–Kier alpha value is -0.900. The van der Waals surface area contributed by atoms with E-state index in [2.05, 4.69) is 24.0 Å². The Bertz CT molecular complexity index is 367. The Morgan fingerprint density at radius 1 is 1.17 bits per heavy atom. The number of hydrogen-bond acceptors (Lipinski definition) is 3. The first-order chi connectivity index (χ1) is 8.49. The van der Waals surface area contributed by atoms with Gasteiger partial charge >= 0.3 is 0 Å². The first-order valence-corrected chi connectivity index (χ1v) is 6.58. The van der Waals surface area contributed by atoms with Crippen LogP contribution in [0, 0.1) is 20.8 Å². The zero-order valence-corrected chi connectivity index (χ0v) is 11.9. The summed E-state index contributed by atoms with van der Waals surface area (Å²) in [6.07, 6.45) is -0.489. The van der Waals surface area contributed by atoms with Gasteiger partial charge in [0.05, 0.1) is 12.7 Å². The van der Waals surface area contributed by atoms with E-state index in [1.807, 2.05) is 20.8 Å². The average Bonchev–Trinajstić information content (AvgIpc) is 2.26. The van der Waals surface area contributed by atoms with Crippen molar-refractivity contribution in [3.8, 4) is 0 Å². The third kappa shape index (κ3) is 3.80. The molecule has 0 bridgehead atoms. The first-order valence-electron chi connectivity index (χ1n) is 6.58. The lowest BCUT2D eigenvalue weighted by Crippen LogP contribution is -2.31. The zero-order valence-electron chi connectivity index (χ0n) is 11.9. The Balaban J connectivity index is 2.86. The highest BCUT2D eigenvalue weighted by atomic mass is 16.3. The summed E-state index contributed by atoms with van der Waals surface area (Å²) in [6.45, 7) is 10.3. The van der Waals surface area contributed by atoms with Gasteiger partial charge in [-0.2, -0.15) is 0 Å². The molecule has 1 atom stereocenters. The number of aliphatic hydroxyl groups is 2. The summed E-state index contributed by atoms with van der Waals surface area (Å²) >= 11 is 0. The van der Waals surface area contributed by atoms with Gasteiger partial charge in [0.2, 0.25) is 0 Å². The Labute approximate surface area is 110 Å². The van der Waals surface area contributed by atoms with Gasteiger partial charge in [0.15, 0.2) is 0 Å². The molecule has 3 nitrogen and oxygen atoms in total. The molecule has 0 aliphatic carbocycles. The maximum Gasteiger partial charge on any atom is 0.0922 e. The summed E-state index contributed by atoms with van der Waals surface area (Å²) in [7, 11) is 0. The molecule has 102 valence electrons. The highest BCUT2D eigenvalue weighted by molar-refractivity contribution is 5.39. The van der Waals surface area contributed by atoms with E-state index in [0.29, 0.717) is 13.1 Å². The van der Waals surface area contributed by atoms with E-state index in [4.69, 9.17) is 5.11 Å². The average molecular weight is 251 g/mol. The molecule has 0 saturated heterocycles. The SMILES string of the molecule is CCN(CCO)CC(O)c1c(C)cc(C)cc1C.